The highest BCUT2D eigenvalue weighted by Crippen LogP contribution is 2.22. The molecule has 2 nitrogen and oxygen atoms in total. The summed E-state index contributed by atoms with van der Waals surface area (Å²) in [7, 11) is 0. The van der Waals surface area contributed by atoms with E-state index in [0.717, 1.165) is 11.1 Å². The molecule has 4 heteroatoms. The van der Waals surface area contributed by atoms with Crippen molar-refractivity contribution < 1.29 is 13.5 Å². The average Bonchev–Trinajstić information content (AvgIpc) is 2.17. The second-order valence-electron chi connectivity index (χ2n) is 4.03. The molecule has 0 fully saturated rings. The number of hydrogen-bond acceptors (Lipinski definition) is 2. The summed E-state index contributed by atoms with van der Waals surface area (Å²) in [6.07, 6.45) is 0. The van der Waals surface area contributed by atoms with E-state index in [1.807, 2.05) is 26.8 Å². The van der Waals surface area contributed by atoms with E-state index in [2.05, 4.69) is 10.1 Å². The minimum Gasteiger partial charge on any atom is -0.434 e. The first-order chi connectivity index (χ1) is 7.49. The molecule has 0 aliphatic rings. The van der Waals surface area contributed by atoms with Gasteiger partial charge in [-0.05, 0) is 13.0 Å². The number of ether oxygens (including phenoxy) is 1. The molecule has 0 saturated carbocycles. The van der Waals surface area contributed by atoms with Gasteiger partial charge in [0.2, 0.25) is 0 Å². The Labute approximate surface area is 94.6 Å². The lowest BCUT2D eigenvalue weighted by Gasteiger charge is -2.13. The van der Waals surface area contributed by atoms with Crippen LogP contribution in [0.1, 0.15) is 25.0 Å². The van der Waals surface area contributed by atoms with Crippen LogP contribution in [0.25, 0.3) is 0 Å². The first kappa shape index (κ1) is 12.9. The minimum absolute atomic E-state index is 0.244. The quantitative estimate of drug-likeness (QED) is 0.837. The Hall–Kier alpha value is -1.16. The molecular weight excluding hydrogens is 212 g/mol. The maximum absolute atomic E-state index is 12.2. The zero-order valence-corrected chi connectivity index (χ0v) is 9.76. The van der Waals surface area contributed by atoms with E-state index in [1.165, 1.54) is 0 Å². The first-order valence-corrected chi connectivity index (χ1v) is 5.26. The fourth-order valence-electron chi connectivity index (χ4n) is 1.37. The molecule has 0 heterocycles. The van der Waals surface area contributed by atoms with Crippen LogP contribution in [0.2, 0.25) is 0 Å². The second kappa shape index (κ2) is 5.80. The molecular formula is C12H17F2NO. The van der Waals surface area contributed by atoms with Crippen LogP contribution in [-0.2, 0) is 6.54 Å². The van der Waals surface area contributed by atoms with E-state index in [4.69, 9.17) is 0 Å². The number of alkyl halides is 2. The molecule has 1 N–H and O–H groups in total. The molecule has 0 bridgehead atoms. The number of halogens is 2. The van der Waals surface area contributed by atoms with Crippen molar-refractivity contribution in [3.8, 4) is 5.75 Å². The molecule has 16 heavy (non-hydrogen) atoms. The number of nitrogens with one attached hydrogen (secondary N) is 1. The van der Waals surface area contributed by atoms with E-state index in [0.29, 0.717) is 12.6 Å². The summed E-state index contributed by atoms with van der Waals surface area (Å²) in [5.41, 5.74) is 1.79. The van der Waals surface area contributed by atoms with Crippen LogP contribution in [0.4, 0.5) is 8.78 Å². The largest absolute Gasteiger partial charge is 0.434 e. The summed E-state index contributed by atoms with van der Waals surface area (Å²) in [5.74, 6) is 0.244. The minimum atomic E-state index is -2.78. The van der Waals surface area contributed by atoms with Crippen molar-refractivity contribution in [1.82, 2.24) is 5.32 Å². The Balaban J connectivity index is 2.81. The van der Waals surface area contributed by atoms with E-state index in [1.54, 1.807) is 12.1 Å². The Morgan fingerprint density at radius 3 is 2.56 bits per heavy atom. The van der Waals surface area contributed by atoms with Crippen molar-refractivity contribution in [2.24, 2.45) is 0 Å². The molecule has 0 spiro atoms. The van der Waals surface area contributed by atoms with Gasteiger partial charge in [-0.2, -0.15) is 8.78 Å². The van der Waals surface area contributed by atoms with E-state index < -0.39 is 6.61 Å². The van der Waals surface area contributed by atoms with Crippen LogP contribution in [-0.4, -0.2) is 12.7 Å². The Morgan fingerprint density at radius 2 is 2.00 bits per heavy atom. The maximum Gasteiger partial charge on any atom is 0.387 e. The number of benzene rings is 1. The molecule has 0 aromatic heterocycles. The van der Waals surface area contributed by atoms with Crippen molar-refractivity contribution >= 4 is 0 Å². The van der Waals surface area contributed by atoms with Crippen LogP contribution in [0.3, 0.4) is 0 Å². The maximum atomic E-state index is 12.2. The standard InChI is InChI=1S/C12H17F2NO/c1-8(2)15-7-10-6-9(3)4-5-11(10)16-12(13)14/h4-6,8,12,15H,7H2,1-3H3. The summed E-state index contributed by atoms with van der Waals surface area (Å²) in [6, 6.07) is 5.50. The predicted octanol–water partition coefficient (Wildman–Crippen LogP) is 3.09. The molecule has 1 rings (SSSR count). The second-order valence-corrected chi connectivity index (χ2v) is 4.03. The third-order valence-corrected chi connectivity index (χ3v) is 2.13. The van der Waals surface area contributed by atoms with Gasteiger partial charge in [0.1, 0.15) is 5.75 Å². The normalized spacial score (nSPS) is 11.2. The van der Waals surface area contributed by atoms with Gasteiger partial charge in [0.25, 0.3) is 0 Å². The van der Waals surface area contributed by atoms with Gasteiger partial charge in [0.05, 0.1) is 0 Å². The van der Waals surface area contributed by atoms with Crippen molar-refractivity contribution in [1.29, 1.82) is 0 Å². The SMILES string of the molecule is Cc1ccc(OC(F)F)c(CNC(C)C)c1. The lowest BCUT2D eigenvalue weighted by molar-refractivity contribution is -0.0505. The summed E-state index contributed by atoms with van der Waals surface area (Å²) in [6.45, 7) is 3.68. The first-order valence-electron chi connectivity index (χ1n) is 5.26. The van der Waals surface area contributed by atoms with Gasteiger partial charge in [-0.15, -0.1) is 0 Å². The number of rotatable bonds is 5. The fraction of sp³-hybridized carbons (Fsp3) is 0.500. The smallest absolute Gasteiger partial charge is 0.387 e. The molecule has 0 amide bonds. The predicted molar refractivity (Wildman–Crippen MR) is 59.8 cm³/mol. The lowest BCUT2D eigenvalue weighted by Crippen LogP contribution is -2.22. The van der Waals surface area contributed by atoms with E-state index in [9.17, 15) is 8.78 Å². The lowest BCUT2D eigenvalue weighted by atomic mass is 10.1. The number of hydrogen-bond donors (Lipinski definition) is 1. The highest BCUT2D eigenvalue weighted by molar-refractivity contribution is 5.36. The highest BCUT2D eigenvalue weighted by atomic mass is 19.3. The summed E-state index contributed by atoms with van der Waals surface area (Å²) < 4.78 is 28.8. The topological polar surface area (TPSA) is 21.3 Å². The fourth-order valence-corrected chi connectivity index (χ4v) is 1.37. The molecule has 0 unspecified atom stereocenters. The summed E-state index contributed by atoms with van der Waals surface area (Å²) in [5, 5.41) is 3.18. The van der Waals surface area contributed by atoms with Crippen LogP contribution < -0.4 is 10.1 Å². The molecule has 1 aromatic carbocycles. The molecule has 0 aliphatic carbocycles. The average molecular weight is 229 g/mol. The number of aryl methyl sites for hydroxylation is 1. The van der Waals surface area contributed by atoms with Crippen LogP contribution in [0.5, 0.6) is 5.75 Å². The van der Waals surface area contributed by atoms with E-state index >= 15 is 0 Å². The summed E-state index contributed by atoms with van der Waals surface area (Å²) >= 11 is 0. The van der Waals surface area contributed by atoms with E-state index in [-0.39, 0.29) is 5.75 Å². The van der Waals surface area contributed by atoms with Gasteiger partial charge < -0.3 is 10.1 Å². The van der Waals surface area contributed by atoms with Crippen LogP contribution >= 0.6 is 0 Å². The van der Waals surface area contributed by atoms with Crippen molar-refractivity contribution in [2.45, 2.75) is 40.0 Å². The third kappa shape index (κ3) is 4.14. The summed E-state index contributed by atoms with van der Waals surface area (Å²) in [4.78, 5) is 0. The third-order valence-electron chi connectivity index (χ3n) is 2.13. The zero-order chi connectivity index (χ0) is 12.1. The van der Waals surface area contributed by atoms with Gasteiger partial charge in [-0.3, -0.25) is 0 Å². The van der Waals surface area contributed by atoms with Crippen LogP contribution in [0.15, 0.2) is 18.2 Å². The highest BCUT2D eigenvalue weighted by Gasteiger charge is 2.09. The monoisotopic (exact) mass is 229 g/mol. The van der Waals surface area contributed by atoms with Gasteiger partial charge in [-0.25, -0.2) is 0 Å². The zero-order valence-electron chi connectivity index (χ0n) is 9.76. The van der Waals surface area contributed by atoms with Crippen molar-refractivity contribution in [3.63, 3.8) is 0 Å². The molecule has 1 aromatic rings. The van der Waals surface area contributed by atoms with Gasteiger partial charge in [0.15, 0.2) is 0 Å². The van der Waals surface area contributed by atoms with Gasteiger partial charge in [0, 0.05) is 18.2 Å². The molecule has 90 valence electrons. The van der Waals surface area contributed by atoms with Gasteiger partial charge in [-0.1, -0.05) is 31.5 Å². The molecule has 0 radical (unpaired) electrons. The van der Waals surface area contributed by atoms with Gasteiger partial charge >= 0.3 is 6.61 Å². The van der Waals surface area contributed by atoms with Crippen molar-refractivity contribution in [3.05, 3.63) is 29.3 Å². The molecule has 0 aliphatic heterocycles. The Kier molecular flexibility index (Phi) is 4.68. The Morgan fingerprint density at radius 1 is 1.31 bits per heavy atom. The Bertz CT molecular complexity index is 340. The molecule has 0 atom stereocenters. The van der Waals surface area contributed by atoms with Crippen molar-refractivity contribution in [2.75, 3.05) is 0 Å². The molecule has 0 saturated heterocycles. The van der Waals surface area contributed by atoms with Crippen LogP contribution in [0, 0.1) is 6.92 Å².